The number of sulfonamides is 1. The van der Waals surface area contributed by atoms with Gasteiger partial charge in [-0.1, -0.05) is 48.5 Å². The summed E-state index contributed by atoms with van der Waals surface area (Å²) in [6.45, 7) is -2.90. The molecule has 1 aliphatic rings. The zero-order valence-electron chi connectivity index (χ0n) is 18.8. The van der Waals surface area contributed by atoms with E-state index in [1.807, 2.05) is 12.1 Å². The van der Waals surface area contributed by atoms with Crippen molar-refractivity contribution in [2.24, 2.45) is 0 Å². The van der Waals surface area contributed by atoms with Crippen LogP contribution in [0.4, 0.5) is 13.2 Å². The van der Waals surface area contributed by atoms with Gasteiger partial charge >= 0.3 is 6.61 Å². The maximum Gasteiger partial charge on any atom is 0.387 e. The number of hydrogen-bond donors (Lipinski definition) is 0. The van der Waals surface area contributed by atoms with Crippen molar-refractivity contribution < 1.29 is 31.1 Å². The lowest BCUT2D eigenvalue weighted by molar-refractivity contribution is -0.135. The summed E-state index contributed by atoms with van der Waals surface area (Å²) in [6, 6.07) is 17.0. The lowest BCUT2D eigenvalue weighted by Gasteiger charge is -2.37. The second-order valence-corrected chi connectivity index (χ2v) is 10.0. The summed E-state index contributed by atoms with van der Waals surface area (Å²) in [5, 5.41) is 0. The van der Waals surface area contributed by atoms with Crippen LogP contribution in [0, 0.1) is 5.82 Å². The van der Waals surface area contributed by atoms with E-state index in [2.05, 4.69) is 4.74 Å². The highest BCUT2D eigenvalue weighted by Gasteiger charge is 2.41. The highest BCUT2D eigenvalue weighted by atomic mass is 32.2. The Morgan fingerprint density at radius 3 is 2.31 bits per heavy atom. The molecule has 1 heterocycles. The highest BCUT2D eigenvalue weighted by Crippen LogP contribution is 2.31. The Morgan fingerprint density at radius 1 is 1.03 bits per heavy atom. The van der Waals surface area contributed by atoms with Crippen molar-refractivity contribution in [1.82, 2.24) is 9.21 Å². The molecule has 0 saturated heterocycles. The van der Waals surface area contributed by atoms with Crippen LogP contribution >= 0.6 is 0 Å². The molecule has 0 aliphatic carbocycles. The molecule has 6 nitrogen and oxygen atoms in total. The van der Waals surface area contributed by atoms with E-state index in [9.17, 15) is 26.4 Å². The number of hydrogen-bond acceptors (Lipinski definition) is 4. The highest BCUT2D eigenvalue weighted by molar-refractivity contribution is 7.89. The topological polar surface area (TPSA) is 66.9 Å². The molecule has 1 atom stereocenters. The summed E-state index contributed by atoms with van der Waals surface area (Å²) >= 11 is 0. The van der Waals surface area contributed by atoms with Gasteiger partial charge in [-0.25, -0.2) is 12.8 Å². The number of nitrogens with zero attached hydrogens (tertiary/aromatic N) is 2. The molecule has 0 N–H and O–H groups in total. The predicted molar refractivity (Wildman–Crippen MR) is 123 cm³/mol. The standard InChI is InChI=1S/C25H23F3N2O4S/c1-29(15-17-10-12-20(13-11-17)34-25(27)28)24(31)22-14-18-6-2-3-7-19(18)16-30(22)35(32,33)23-9-5-4-8-21(23)26/h2-13,22,25H,14-16H2,1H3/t22-/m1/s1. The van der Waals surface area contributed by atoms with Crippen LogP contribution in [0.1, 0.15) is 16.7 Å². The smallest absolute Gasteiger partial charge is 0.387 e. The molecule has 1 amide bonds. The van der Waals surface area contributed by atoms with Gasteiger partial charge in [0.1, 0.15) is 22.5 Å². The summed E-state index contributed by atoms with van der Waals surface area (Å²) in [4.78, 5) is 14.4. The first-order valence-electron chi connectivity index (χ1n) is 10.8. The third kappa shape index (κ3) is 5.33. The second kappa shape index (κ2) is 10.1. The molecule has 4 rings (SSSR count). The summed E-state index contributed by atoms with van der Waals surface area (Å²) in [5.74, 6) is -1.37. The SMILES string of the molecule is CN(Cc1ccc(OC(F)F)cc1)C(=O)[C@H]1Cc2ccccc2CN1S(=O)(=O)c1ccccc1F. The molecule has 0 aromatic heterocycles. The van der Waals surface area contributed by atoms with Crippen molar-refractivity contribution in [1.29, 1.82) is 0 Å². The number of likely N-dealkylation sites (N-methyl/N-ethyl adjacent to an activating group) is 1. The number of rotatable bonds is 7. The lowest BCUT2D eigenvalue weighted by atomic mass is 9.95. The normalized spacial score (nSPS) is 16.1. The largest absolute Gasteiger partial charge is 0.435 e. The predicted octanol–water partition coefficient (Wildman–Crippen LogP) is 4.20. The number of amides is 1. The molecule has 10 heteroatoms. The number of fused-ring (bicyclic) bond motifs is 1. The average molecular weight is 505 g/mol. The molecule has 0 saturated carbocycles. The van der Waals surface area contributed by atoms with Crippen molar-refractivity contribution in [3.63, 3.8) is 0 Å². The molecule has 1 aliphatic heterocycles. The number of ether oxygens (including phenoxy) is 1. The van der Waals surface area contributed by atoms with Crippen LogP contribution in [-0.2, 0) is 34.3 Å². The number of carbonyl (C=O) groups excluding carboxylic acids is 1. The molecule has 0 radical (unpaired) electrons. The van der Waals surface area contributed by atoms with E-state index >= 15 is 0 Å². The minimum Gasteiger partial charge on any atom is -0.435 e. The molecule has 3 aromatic rings. The van der Waals surface area contributed by atoms with Gasteiger partial charge in [-0.15, -0.1) is 0 Å². The van der Waals surface area contributed by atoms with E-state index in [1.54, 1.807) is 24.3 Å². The molecule has 184 valence electrons. The summed E-state index contributed by atoms with van der Waals surface area (Å²) in [6.07, 6.45) is 0.133. The van der Waals surface area contributed by atoms with Gasteiger partial charge in [0.2, 0.25) is 15.9 Å². The van der Waals surface area contributed by atoms with Crippen molar-refractivity contribution >= 4 is 15.9 Å². The maximum atomic E-state index is 14.5. The van der Waals surface area contributed by atoms with Crippen LogP contribution in [0.15, 0.2) is 77.7 Å². The molecule has 0 fully saturated rings. The summed E-state index contributed by atoms with van der Waals surface area (Å²) in [5.41, 5.74) is 2.23. The van der Waals surface area contributed by atoms with Crippen LogP contribution in [0.3, 0.4) is 0 Å². The second-order valence-electron chi connectivity index (χ2n) is 8.19. The van der Waals surface area contributed by atoms with E-state index in [4.69, 9.17) is 0 Å². The van der Waals surface area contributed by atoms with Gasteiger partial charge in [-0.2, -0.15) is 13.1 Å². The van der Waals surface area contributed by atoms with E-state index in [0.29, 0.717) is 5.56 Å². The van der Waals surface area contributed by atoms with E-state index in [1.165, 1.54) is 42.3 Å². The molecule has 0 spiro atoms. The first-order chi connectivity index (χ1) is 16.7. The summed E-state index contributed by atoms with van der Waals surface area (Å²) in [7, 11) is -2.80. The van der Waals surface area contributed by atoms with Crippen LogP contribution in [-0.4, -0.2) is 43.2 Å². The van der Waals surface area contributed by atoms with Crippen molar-refractivity contribution in [3.8, 4) is 5.75 Å². The monoisotopic (exact) mass is 504 g/mol. The Balaban J connectivity index is 1.62. The fraction of sp³-hybridized carbons (Fsp3) is 0.240. The molecule has 3 aromatic carbocycles. The lowest BCUT2D eigenvalue weighted by Crippen LogP contribution is -2.52. The zero-order chi connectivity index (χ0) is 25.2. The minimum absolute atomic E-state index is 0.0104. The van der Waals surface area contributed by atoms with Crippen LogP contribution in [0.2, 0.25) is 0 Å². The molecular formula is C25H23F3N2O4S. The fourth-order valence-electron chi connectivity index (χ4n) is 4.12. The Bertz CT molecular complexity index is 1320. The quantitative estimate of drug-likeness (QED) is 0.484. The Kier molecular flexibility index (Phi) is 7.13. The number of alkyl halides is 2. The molecule has 0 bridgehead atoms. The third-order valence-corrected chi connectivity index (χ3v) is 7.75. The number of benzene rings is 3. The third-order valence-electron chi connectivity index (χ3n) is 5.86. The van der Waals surface area contributed by atoms with Gasteiger partial charge in [0.25, 0.3) is 0 Å². The van der Waals surface area contributed by atoms with Crippen LogP contribution in [0.5, 0.6) is 5.75 Å². The number of halogens is 3. The van der Waals surface area contributed by atoms with Gasteiger partial charge in [-0.3, -0.25) is 4.79 Å². The first kappa shape index (κ1) is 24.7. The fourth-order valence-corrected chi connectivity index (χ4v) is 5.75. The first-order valence-corrected chi connectivity index (χ1v) is 12.2. The molecule has 35 heavy (non-hydrogen) atoms. The Labute approximate surface area is 201 Å². The van der Waals surface area contributed by atoms with Crippen molar-refractivity contribution in [3.05, 3.63) is 95.3 Å². The van der Waals surface area contributed by atoms with Crippen LogP contribution in [0.25, 0.3) is 0 Å². The summed E-state index contributed by atoms with van der Waals surface area (Å²) < 4.78 is 71.6. The van der Waals surface area contributed by atoms with E-state index in [0.717, 1.165) is 21.5 Å². The zero-order valence-corrected chi connectivity index (χ0v) is 19.6. The van der Waals surface area contributed by atoms with Gasteiger partial charge < -0.3 is 9.64 Å². The average Bonchev–Trinajstić information content (AvgIpc) is 2.83. The van der Waals surface area contributed by atoms with Crippen molar-refractivity contribution in [2.75, 3.05) is 7.05 Å². The Hall–Kier alpha value is -3.37. The van der Waals surface area contributed by atoms with Gasteiger partial charge in [0.05, 0.1) is 0 Å². The van der Waals surface area contributed by atoms with Crippen molar-refractivity contribution in [2.45, 2.75) is 37.1 Å². The van der Waals surface area contributed by atoms with E-state index in [-0.39, 0.29) is 25.3 Å². The maximum absolute atomic E-state index is 14.5. The van der Waals surface area contributed by atoms with Crippen LogP contribution < -0.4 is 4.74 Å². The van der Waals surface area contributed by atoms with Gasteiger partial charge in [-0.05, 0) is 47.4 Å². The molecular weight excluding hydrogens is 481 g/mol. The van der Waals surface area contributed by atoms with Gasteiger partial charge in [0, 0.05) is 20.1 Å². The Morgan fingerprint density at radius 2 is 1.66 bits per heavy atom. The van der Waals surface area contributed by atoms with E-state index < -0.39 is 39.3 Å². The minimum atomic E-state index is -4.33. The molecule has 0 unspecified atom stereocenters. The number of carbonyl (C=O) groups is 1. The van der Waals surface area contributed by atoms with Gasteiger partial charge in [0.15, 0.2) is 0 Å².